The third kappa shape index (κ3) is 0.582. The summed E-state index contributed by atoms with van der Waals surface area (Å²) in [5, 5.41) is 0. The molecular formula is C6H7. The highest BCUT2D eigenvalue weighted by Gasteiger charge is 1.57. The van der Waals surface area contributed by atoms with Crippen LogP contribution in [-0.4, -0.2) is 0 Å². The molecule has 6 heavy (non-hydrogen) atoms. The monoisotopic (exact) mass is 79.1 g/mol. The van der Waals surface area contributed by atoms with Gasteiger partial charge < -0.3 is 0 Å². The van der Waals surface area contributed by atoms with E-state index in [2.05, 4.69) is 0 Å². The highest BCUT2D eigenvalue weighted by molar-refractivity contribution is 4.99. The molecule has 0 N–H and O–H groups in total. The van der Waals surface area contributed by atoms with Crippen molar-refractivity contribution < 1.29 is 1.43 Å². The van der Waals surface area contributed by atoms with Crippen LogP contribution in [0, 0.1) is 0 Å². The van der Waals surface area contributed by atoms with Crippen molar-refractivity contribution in [2.75, 3.05) is 0 Å². The fraction of sp³-hybridized carbons (Fsp3) is 0. The van der Waals surface area contributed by atoms with Crippen LogP contribution in [0.5, 0.6) is 0 Å². The predicted octanol–water partition coefficient (Wildman–Crippen LogP) is 1.80. The zero-order chi connectivity index (χ0) is 4.24. The van der Waals surface area contributed by atoms with Crippen LogP contribution in [0.2, 0.25) is 0 Å². The molecule has 1 rings (SSSR count). The molecule has 1 aromatic carbocycles. The molecular weight excluding hydrogens is 72.1 g/mol. The third-order valence-electron chi connectivity index (χ3n) is 0.667. The van der Waals surface area contributed by atoms with Crippen molar-refractivity contribution in [2.24, 2.45) is 0 Å². The number of hydrogen-bond donors (Lipinski definition) is 0. The van der Waals surface area contributed by atoms with E-state index >= 15 is 0 Å². The van der Waals surface area contributed by atoms with Gasteiger partial charge in [0.05, 0.1) is 0 Å². The molecule has 31 valence electrons. The minimum absolute atomic E-state index is 0. The smallest absolute Gasteiger partial charge is 0 e. The average Bonchev–Trinajstić information content (AvgIpc) is 1.72. The Morgan fingerprint density at radius 1 is 0.500 bits per heavy atom. The van der Waals surface area contributed by atoms with Crippen LogP contribution in [-0.2, 0) is 0 Å². The van der Waals surface area contributed by atoms with Gasteiger partial charge in [0, 0.05) is 1.43 Å². The van der Waals surface area contributed by atoms with Gasteiger partial charge in [-0.05, 0) is 0 Å². The standard InChI is InChI=1S/C6H6.H/c1-2-4-6-5-3-1;/h1-6H;. The van der Waals surface area contributed by atoms with Crippen LogP contribution < -0.4 is 0 Å². The molecule has 0 nitrogen and oxygen atoms in total. The Balaban J connectivity index is 0.000000360. The lowest BCUT2D eigenvalue weighted by atomic mass is 10.4. The maximum Gasteiger partial charge on any atom is 0 e. The van der Waals surface area contributed by atoms with Crippen LogP contribution in [0.3, 0.4) is 0 Å². The van der Waals surface area contributed by atoms with Crippen LogP contribution >= 0.6 is 0 Å². The summed E-state index contributed by atoms with van der Waals surface area (Å²) in [6, 6.07) is 12.0. The van der Waals surface area contributed by atoms with E-state index in [-0.39, 0.29) is 1.43 Å². The Labute approximate surface area is 38.9 Å². The van der Waals surface area contributed by atoms with Crippen LogP contribution in [0.15, 0.2) is 36.4 Å². The van der Waals surface area contributed by atoms with Crippen molar-refractivity contribution in [3.05, 3.63) is 36.4 Å². The highest BCUT2D eigenvalue weighted by Crippen LogP contribution is 1.79. The van der Waals surface area contributed by atoms with Crippen molar-refractivity contribution in [3.8, 4) is 0 Å². The molecule has 0 atom stereocenters. The second-order valence-corrected chi connectivity index (χ2v) is 1.15. The molecule has 0 unspecified atom stereocenters. The maximum absolute atomic E-state index is 2.00. The summed E-state index contributed by atoms with van der Waals surface area (Å²) >= 11 is 0. The molecule has 0 spiro atoms. The summed E-state index contributed by atoms with van der Waals surface area (Å²) in [5.74, 6) is 0. The number of rotatable bonds is 0. The second kappa shape index (κ2) is 1.61. The Morgan fingerprint density at radius 3 is 0.833 bits per heavy atom. The van der Waals surface area contributed by atoms with Crippen LogP contribution in [0.4, 0.5) is 0 Å². The first-order valence-electron chi connectivity index (χ1n) is 2.00. The first-order valence-corrected chi connectivity index (χ1v) is 2.00. The van der Waals surface area contributed by atoms with Gasteiger partial charge in [0.25, 0.3) is 0 Å². The van der Waals surface area contributed by atoms with E-state index in [4.69, 9.17) is 0 Å². The van der Waals surface area contributed by atoms with Crippen LogP contribution in [0.25, 0.3) is 0 Å². The normalized spacial score (nSPS) is 8.00. The second-order valence-electron chi connectivity index (χ2n) is 1.15. The zero-order valence-electron chi connectivity index (χ0n) is 4.46. The average molecular weight is 79.1 g/mol. The molecule has 0 aliphatic carbocycles. The largest absolute Gasteiger partial charge is 0.0623 e. The van der Waals surface area contributed by atoms with Gasteiger partial charge in [0.1, 0.15) is 0 Å². The molecule has 0 aliphatic heterocycles. The Kier molecular flexibility index (Phi) is 0.913. The Morgan fingerprint density at radius 2 is 0.667 bits per heavy atom. The van der Waals surface area contributed by atoms with E-state index in [1.54, 1.807) is 0 Å². The van der Waals surface area contributed by atoms with Crippen molar-refractivity contribution in [2.45, 2.75) is 0 Å². The lowest BCUT2D eigenvalue weighted by molar-refractivity contribution is 1.72. The molecule has 1 aromatic rings. The van der Waals surface area contributed by atoms with Crippen molar-refractivity contribution in [1.29, 1.82) is 0 Å². The lowest BCUT2D eigenvalue weighted by Gasteiger charge is -1.69. The van der Waals surface area contributed by atoms with E-state index < -0.39 is 0 Å². The van der Waals surface area contributed by atoms with Gasteiger partial charge in [0.15, 0.2) is 0 Å². The molecule has 0 saturated carbocycles. The Bertz CT molecular complexity index is 76.1. The van der Waals surface area contributed by atoms with Gasteiger partial charge in [-0.15, -0.1) is 0 Å². The van der Waals surface area contributed by atoms with Gasteiger partial charge >= 0.3 is 0 Å². The molecule has 0 fully saturated rings. The fourth-order valence-corrected chi connectivity index (χ4v) is 0.385. The lowest BCUT2D eigenvalue weighted by Crippen LogP contribution is -1.47. The molecule has 0 saturated heterocycles. The van der Waals surface area contributed by atoms with Crippen LogP contribution in [0.1, 0.15) is 1.43 Å². The SMILES string of the molecule is [H].c1ccccc1. The van der Waals surface area contributed by atoms with E-state index in [0.29, 0.717) is 0 Å². The van der Waals surface area contributed by atoms with Gasteiger partial charge in [-0.2, -0.15) is 0 Å². The van der Waals surface area contributed by atoms with E-state index in [9.17, 15) is 0 Å². The van der Waals surface area contributed by atoms with Crippen molar-refractivity contribution >= 4 is 0 Å². The van der Waals surface area contributed by atoms with Crippen molar-refractivity contribution in [1.82, 2.24) is 0 Å². The molecule has 0 amide bonds. The van der Waals surface area contributed by atoms with Gasteiger partial charge in [-0.1, -0.05) is 36.4 Å². The van der Waals surface area contributed by atoms with E-state index in [1.807, 2.05) is 36.4 Å². The molecule has 1 radical (unpaired) electrons. The van der Waals surface area contributed by atoms with Gasteiger partial charge in [-0.25, -0.2) is 0 Å². The molecule has 0 aromatic heterocycles. The van der Waals surface area contributed by atoms with E-state index in [1.165, 1.54) is 0 Å². The quantitative estimate of drug-likeness (QED) is 0.444. The first-order chi connectivity index (χ1) is 3.00. The first kappa shape index (κ1) is 3.41. The number of benzene rings is 1. The summed E-state index contributed by atoms with van der Waals surface area (Å²) in [7, 11) is 0. The van der Waals surface area contributed by atoms with Gasteiger partial charge in [0.2, 0.25) is 0 Å². The summed E-state index contributed by atoms with van der Waals surface area (Å²) in [4.78, 5) is 0. The number of hydrogen-bond acceptors (Lipinski definition) is 0. The fourth-order valence-electron chi connectivity index (χ4n) is 0.385. The molecule has 0 heteroatoms. The Hall–Kier alpha value is -0.780. The van der Waals surface area contributed by atoms with Gasteiger partial charge in [-0.3, -0.25) is 0 Å². The third-order valence-corrected chi connectivity index (χ3v) is 0.667. The molecule has 0 bridgehead atoms. The highest BCUT2D eigenvalue weighted by atomic mass is 13.6. The van der Waals surface area contributed by atoms with Crippen molar-refractivity contribution in [3.63, 3.8) is 0 Å². The zero-order valence-corrected chi connectivity index (χ0v) is 3.46. The summed E-state index contributed by atoms with van der Waals surface area (Å²) in [6.07, 6.45) is 0. The minimum atomic E-state index is 0. The van der Waals surface area contributed by atoms with E-state index in [0.717, 1.165) is 0 Å². The maximum atomic E-state index is 2.00. The predicted molar refractivity (Wildman–Crippen MR) is 27.6 cm³/mol. The topological polar surface area (TPSA) is 0 Å². The molecule has 0 heterocycles. The minimum Gasteiger partial charge on any atom is -0.0623 e. The molecule has 0 aliphatic rings. The summed E-state index contributed by atoms with van der Waals surface area (Å²) < 4.78 is 0. The summed E-state index contributed by atoms with van der Waals surface area (Å²) in [6.45, 7) is 0. The summed E-state index contributed by atoms with van der Waals surface area (Å²) in [5.41, 5.74) is 0.